The van der Waals surface area contributed by atoms with Crippen LogP contribution in [0.15, 0.2) is 18.2 Å². The van der Waals surface area contributed by atoms with E-state index in [1.807, 2.05) is 0 Å². The maximum atomic E-state index is 13.4. The standard InChI is InChI=1S/C12H9F4NO/c1-8(18)17-7-3-5-9-4-2-6-10(11(9)13)12(14,15)16/h2,4,6H,7H2,1H3,(H,17,18). The number of alkyl halides is 3. The second-order valence-electron chi connectivity index (χ2n) is 3.38. The molecule has 1 aromatic rings. The summed E-state index contributed by atoms with van der Waals surface area (Å²) in [5.41, 5.74) is -1.70. The van der Waals surface area contributed by atoms with E-state index >= 15 is 0 Å². The third-order valence-corrected chi connectivity index (χ3v) is 1.95. The summed E-state index contributed by atoms with van der Waals surface area (Å²) in [6.45, 7) is 1.22. The van der Waals surface area contributed by atoms with Crippen LogP contribution in [0.25, 0.3) is 0 Å². The van der Waals surface area contributed by atoms with Gasteiger partial charge in [0.25, 0.3) is 0 Å². The molecule has 0 aliphatic rings. The summed E-state index contributed by atoms with van der Waals surface area (Å²) in [4.78, 5) is 10.5. The molecule has 1 aromatic carbocycles. The van der Waals surface area contributed by atoms with Gasteiger partial charge in [-0.25, -0.2) is 4.39 Å². The highest BCUT2D eigenvalue weighted by atomic mass is 19.4. The van der Waals surface area contributed by atoms with Crippen molar-refractivity contribution in [1.82, 2.24) is 5.32 Å². The number of amides is 1. The van der Waals surface area contributed by atoms with E-state index in [1.165, 1.54) is 6.92 Å². The zero-order valence-corrected chi connectivity index (χ0v) is 9.36. The summed E-state index contributed by atoms with van der Waals surface area (Å²) < 4.78 is 50.6. The molecule has 1 rings (SSSR count). The molecule has 18 heavy (non-hydrogen) atoms. The Morgan fingerprint density at radius 3 is 2.61 bits per heavy atom. The SMILES string of the molecule is CC(=O)NCC#Cc1cccc(C(F)(F)F)c1F. The molecular formula is C12H9F4NO. The van der Waals surface area contributed by atoms with E-state index in [9.17, 15) is 22.4 Å². The molecule has 0 fully saturated rings. The van der Waals surface area contributed by atoms with Crippen molar-refractivity contribution in [1.29, 1.82) is 0 Å². The largest absolute Gasteiger partial charge is 0.419 e. The predicted molar refractivity (Wildman–Crippen MR) is 57.0 cm³/mol. The number of carbonyl (C=O) groups excluding carboxylic acids is 1. The average molecular weight is 259 g/mol. The van der Waals surface area contributed by atoms with Crippen LogP contribution in [0.2, 0.25) is 0 Å². The van der Waals surface area contributed by atoms with Crippen LogP contribution in [0.5, 0.6) is 0 Å². The minimum absolute atomic E-state index is 0.0506. The number of benzene rings is 1. The van der Waals surface area contributed by atoms with E-state index in [4.69, 9.17) is 0 Å². The summed E-state index contributed by atoms with van der Waals surface area (Å²) in [5, 5.41) is 2.32. The lowest BCUT2D eigenvalue weighted by atomic mass is 10.1. The van der Waals surface area contributed by atoms with Crippen molar-refractivity contribution in [3.05, 3.63) is 35.1 Å². The monoisotopic (exact) mass is 259 g/mol. The third kappa shape index (κ3) is 3.77. The van der Waals surface area contributed by atoms with Crippen LogP contribution < -0.4 is 5.32 Å². The van der Waals surface area contributed by atoms with Crippen LogP contribution in [0.1, 0.15) is 18.1 Å². The van der Waals surface area contributed by atoms with Gasteiger partial charge in [-0.15, -0.1) is 0 Å². The van der Waals surface area contributed by atoms with Gasteiger partial charge in [0, 0.05) is 6.92 Å². The zero-order chi connectivity index (χ0) is 13.8. The molecule has 6 heteroatoms. The molecule has 0 saturated heterocycles. The van der Waals surface area contributed by atoms with Gasteiger partial charge in [0.05, 0.1) is 17.7 Å². The van der Waals surface area contributed by atoms with E-state index in [-0.39, 0.29) is 18.0 Å². The Morgan fingerprint density at radius 1 is 1.39 bits per heavy atom. The molecule has 1 N–H and O–H groups in total. The van der Waals surface area contributed by atoms with Gasteiger partial charge in [-0.3, -0.25) is 4.79 Å². The van der Waals surface area contributed by atoms with Gasteiger partial charge in [-0.1, -0.05) is 17.9 Å². The molecule has 0 aliphatic carbocycles. The topological polar surface area (TPSA) is 29.1 Å². The van der Waals surface area contributed by atoms with Gasteiger partial charge in [-0.05, 0) is 12.1 Å². The van der Waals surface area contributed by atoms with Crippen LogP contribution in [0, 0.1) is 17.7 Å². The summed E-state index contributed by atoms with van der Waals surface area (Å²) >= 11 is 0. The lowest BCUT2D eigenvalue weighted by Crippen LogP contribution is -2.19. The number of rotatable bonds is 1. The highest BCUT2D eigenvalue weighted by Crippen LogP contribution is 2.32. The summed E-state index contributed by atoms with van der Waals surface area (Å²) in [6.07, 6.45) is -4.75. The van der Waals surface area contributed by atoms with Crippen molar-refractivity contribution >= 4 is 5.91 Å². The molecular weight excluding hydrogens is 250 g/mol. The third-order valence-electron chi connectivity index (χ3n) is 1.95. The van der Waals surface area contributed by atoms with E-state index in [0.29, 0.717) is 6.07 Å². The first-order valence-electron chi connectivity index (χ1n) is 4.91. The molecule has 0 spiro atoms. The maximum absolute atomic E-state index is 13.4. The van der Waals surface area contributed by atoms with Crippen molar-refractivity contribution in [3.8, 4) is 11.8 Å². The smallest absolute Gasteiger partial charge is 0.345 e. The molecule has 0 aliphatic heterocycles. The first kappa shape index (κ1) is 14.0. The Hall–Kier alpha value is -2.03. The average Bonchev–Trinajstić information content (AvgIpc) is 2.24. The van der Waals surface area contributed by atoms with E-state index < -0.39 is 17.6 Å². The minimum atomic E-state index is -4.75. The molecule has 0 aromatic heterocycles. The highest BCUT2D eigenvalue weighted by molar-refractivity contribution is 5.73. The molecule has 1 amide bonds. The molecule has 0 bridgehead atoms. The van der Waals surface area contributed by atoms with Crippen molar-refractivity contribution in [2.45, 2.75) is 13.1 Å². The predicted octanol–water partition coefficient (Wildman–Crippen LogP) is 2.33. The number of carbonyl (C=O) groups is 1. The minimum Gasteiger partial charge on any atom is -0.345 e. The van der Waals surface area contributed by atoms with Crippen molar-refractivity contribution < 1.29 is 22.4 Å². The van der Waals surface area contributed by atoms with Gasteiger partial charge in [0.2, 0.25) is 5.91 Å². The Bertz CT molecular complexity index is 511. The summed E-state index contributed by atoms with van der Waals surface area (Å²) in [7, 11) is 0. The first-order chi connectivity index (χ1) is 8.32. The van der Waals surface area contributed by atoms with E-state index in [0.717, 1.165) is 12.1 Å². The number of hydrogen-bond donors (Lipinski definition) is 1. The lowest BCUT2D eigenvalue weighted by Gasteiger charge is -2.08. The number of halogens is 4. The maximum Gasteiger partial charge on any atom is 0.419 e. The molecule has 0 heterocycles. The molecule has 0 atom stereocenters. The fourth-order valence-corrected chi connectivity index (χ4v) is 1.16. The van der Waals surface area contributed by atoms with Gasteiger partial charge in [0.1, 0.15) is 0 Å². The van der Waals surface area contributed by atoms with Gasteiger partial charge >= 0.3 is 6.18 Å². The Morgan fingerprint density at radius 2 is 2.06 bits per heavy atom. The first-order valence-corrected chi connectivity index (χ1v) is 4.91. The fraction of sp³-hybridized carbons (Fsp3) is 0.250. The van der Waals surface area contributed by atoms with Crippen LogP contribution in [-0.4, -0.2) is 12.5 Å². The van der Waals surface area contributed by atoms with E-state index in [2.05, 4.69) is 17.2 Å². The lowest BCUT2D eigenvalue weighted by molar-refractivity contribution is -0.140. The quantitative estimate of drug-likeness (QED) is 0.608. The van der Waals surface area contributed by atoms with Crippen molar-refractivity contribution in [3.63, 3.8) is 0 Å². The zero-order valence-electron chi connectivity index (χ0n) is 9.36. The molecule has 0 saturated carbocycles. The van der Waals surface area contributed by atoms with Crippen molar-refractivity contribution in [2.24, 2.45) is 0 Å². The second kappa shape index (κ2) is 5.54. The number of nitrogens with one attached hydrogen (secondary N) is 1. The Kier molecular flexibility index (Phi) is 4.32. The normalized spacial score (nSPS) is 10.5. The van der Waals surface area contributed by atoms with Gasteiger partial charge < -0.3 is 5.32 Å². The molecule has 2 nitrogen and oxygen atoms in total. The summed E-state index contributed by atoms with van der Waals surface area (Å²) in [5.74, 6) is 2.88. The molecule has 0 radical (unpaired) electrons. The van der Waals surface area contributed by atoms with Crippen LogP contribution in [0.4, 0.5) is 17.6 Å². The number of hydrogen-bond acceptors (Lipinski definition) is 1. The van der Waals surface area contributed by atoms with Crippen LogP contribution in [0.3, 0.4) is 0 Å². The Labute approximate surface area is 101 Å². The van der Waals surface area contributed by atoms with Gasteiger partial charge in [0.15, 0.2) is 5.82 Å². The molecule has 0 unspecified atom stereocenters. The van der Waals surface area contributed by atoms with Crippen LogP contribution in [-0.2, 0) is 11.0 Å². The van der Waals surface area contributed by atoms with Crippen LogP contribution >= 0.6 is 0 Å². The second-order valence-corrected chi connectivity index (χ2v) is 3.38. The van der Waals surface area contributed by atoms with E-state index in [1.54, 1.807) is 0 Å². The summed E-state index contributed by atoms with van der Waals surface area (Å²) in [6, 6.07) is 2.87. The van der Waals surface area contributed by atoms with Gasteiger partial charge in [-0.2, -0.15) is 13.2 Å². The molecule has 96 valence electrons. The highest BCUT2D eigenvalue weighted by Gasteiger charge is 2.34. The Balaban J connectivity index is 2.94. The van der Waals surface area contributed by atoms with Crippen molar-refractivity contribution in [2.75, 3.05) is 6.54 Å². The fourth-order valence-electron chi connectivity index (χ4n) is 1.16.